The standard InChI is InChI=1S/C23H19F9N2O3/c1-11-5-19(17-9-14(21(24,25)26)3-4-18(17)34(11)20(36)37)33(12(2)35)10-13-6-15(22(27,28)29)8-16(7-13)23(30,31)32/h3-4,6-9,11,19H,5,10H2,1-2H3,(H,36,37)/t11-,19+/m1/s1. The molecule has 0 aromatic heterocycles. The van der Waals surface area contributed by atoms with Crippen LogP contribution in [0.25, 0.3) is 0 Å². The van der Waals surface area contributed by atoms with Crippen LogP contribution in [-0.2, 0) is 29.9 Å². The van der Waals surface area contributed by atoms with E-state index >= 15 is 0 Å². The number of rotatable bonds is 3. The van der Waals surface area contributed by atoms with Gasteiger partial charge in [-0.25, -0.2) is 4.79 Å². The van der Waals surface area contributed by atoms with Crippen molar-refractivity contribution in [3.8, 4) is 0 Å². The Labute approximate surface area is 204 Å². The molecule has 0 saturated carbocycles. The average molecular weight is 542 g/mol. The Morgan fingerprint density at radius 3 is 1.84 bits per heavy atom. The summed E-state index contributed by atoms with van der Waals surface area (Å²) in [6.07, 6.45) is -16.9. The highest BCUT2D eigenvalue weighted by molar-refractivity contribution is 5.89. The van der Waals surface area contributed by atoms with Gasteiger partial charge in [0.1, 0.15) is 0 Å². The van der Waals surface area contributed by atoms with Crippen LogP contribution >= 0.6 is 0 Å². The Balaban J connectivity index is 2.16. The van der Waals surface area contributed by atoms with E-state index < -0.39 is 71.4 Å². The summed E-state index contributed by atoms with van der Waals surface area (Å²) in [5, 5.41) is 9.58. The molecule has 37 heavy (non-hydrogen) atoms. The first-order valence-electron chi connectivity index (χ1n) is 10.6. The molecule has 0 fully saturated rings. The third kappa shape index (κ3) is 5.93. The molecule has 0 bridgehead atoms. The molecule has 3 rings (SSSR count). The SMILES string of the molecule is CC(=O)N(Cc1cc(C(F)(F)F)cc(C(F)(F)F)c1)[C@H]1C[C@@H](C)N(C(=O)O)c2ccc(C(F)(F)F)cc21. The zero-order valence-corrected chi connectivity index (χ0v) is 19.1. The summed E-state index contributed by atoms with van der Waals surface area (Å²) in [4.78, 5) is 26.0. The molecule has 2 atom stereocenters. The molecule has 0 spiro atoms. The number of amides is 2. The monoisotopic (exact) mass is 542 g/mol. The summed E-state index contributed by atoms with van der Waals surface area (Å²) in [7, 11) is 0. The lowest BCUT2D eigenvalue weighted by atomic mass is 9.89. The van der Waals surface area contributed by atoms with E-state index in [1.807, 2.05) is 0 Å². The van der Waals surface area contributed by atoms with E-state index in [0.717, 1.165) is 22.8 Å². The number of carboxylic acid groups (broad SMARTS) is 1. The smallest absolute Gasteiger partial charge is 0.416 e. The van der Waals surface area contributed by atoms with Gasteiger partial charge in [-0.3, -0.25) is 9.69 Å². The largest absolute Gasteiger partial charge is 0.465 e. The van der Waals surface area contributed by atoms with Crippen LogP contribution in [0.2, 0.25) is 0 Å². The molecular weight excluding hydrogens is 523 g/mol. The summed E-state index contributed by atoms with van der Waals surface area (Å²) in [6, 6.07) is 0.779. The van der Waals surface area contributed by atoms with Crippen molar-refractivity contribution in [3.63, 3.8) is 0 Å². The van der Waals surface area contributed by atoms with Gasteiger partial charge in [-0.2, -0.15) is 39.5 Å². The minimum Gasteiger partial charge on any atom is -0.465 e. The van der Waals surface area contributed by atoms with Gasteiger partial charge in [-0.05, 0) is 60.9 Å². The van der Waals surface area contributed by atoms with Gasteiger partial charge >= 0.3 is 24.6 Å². The number of nitrogens with zero attached hydrogens (tertiary/aromatic N) is 2. The highest BCUT2D eigenvalue weighted by atomic mass is 19.4. The molecule has 0 radical (unpaired) electrons. The van der Waals surface area contributed by atoms with Crippen molar-refractivity contribution in [3.05, 3.63) is 64.2 Å². The summed E-state index contributed by atoms with van der Waals surface area (Å²) >= 11 is 0. The van der Waals surface area contributed by atoms with Gasteiger partial charge in [-0.15, -0.1) is 0 Å². The van der Waals surface area contributed by atoms with Crippen LogP contribution in [0, 0.1) is 0 Å². The zero-order valence-electron chi connectivity index (χ0n) is 19.1. The topological polar surface area (TPSA) is 60.9 Å². The Hall–Kier alpha value is -3.45. The summed E-state index contributed by atoms with van der Waals surface area (Å²) in [5.74, 6) is -0.852. The Morgan fingerprint density at radius 1 is 0.892 bits per heavy atom. The zero-order chi connectivity index (χ0) is 28.1. The predicted molar refractivity (Wildman–Crippen MR) is 111 cm³/mol. The number of hydrogen-bond donors (Lipinski definition) is 1. The lowest BCUT2D eigenvalue weighted by Crippen LogP contribution is -2.46. The normalized spacial score (nSPS) is 18.4. The van der Waals surface area contributed by atoms with Gasteiger partial charge in [0, 0.05) is 19.5 Å². The fourth-order valence-corrected chi connectivity index (χ4v) is 4.35. The molecule has 2 amide bonds. The van der Waals surface area contributed by atoms with Crippen LogP contribution in [0.4, 0.5) is 50.0 Å². The highest BCUT2D eigenvalue weighted by Gasteiger charge is 2.41. The van der Waals surface area contributed by atoms with Crippen molar-refractivity contribution in [2.24, 2.45) is 0 Å². The van der Waals surface area contributed by atoms with Gasteiger partial charge in [0.2, 0.25) is 5.91 Å². The molecule has 2 aromatic rings. The molecule has 0 saturated heterocycles. The van der Waals surface area contributed by atoms with Crippen LogP contribution in [0.15, 0.2) is 36.4 Å². The van der Waals surface area contributed by atoms with Crippen LogP contribution < -0.4 is 4.90 Å². The number of alkyl halides is 9. The van der Waals surface area contributed by atoms with E-state index in [2.05, 4.69) is 0 Å². The summed E-state index contributed by atoms with van der Waals surface area (Å²) < 4.78 is 120. The van der Waals surface area contributed by atoms with Gasteiger partial charge in [0.15, 0.2) is 0 Å². The lowest BCUT2D eigenvalue weighted by molar-refractivity contribution is -0.143. The van der Waals surface area contributed by atoms with Crippen molar-refractivity contribution in [2.45, 2.75) is 57.4 Å². The second-order valence-corrected chi connectivity index (χ2v) is 8.59. The van der Waals surface area contributed by atoms with Crippen LogP contribution in [0.3, 0.4) is 0 Å². The quantitative estimate of drug-likeness (QED) is 0.421. The average Bonchev–Trinajstić information content (AvgIpc) is 2.74. The third-order valence-corrected chi connectivity index (χ3v) is 5.97. The van der Waals surface area contributed by atoms with Crippen molar-refractivity contribution in [2.75, 3.05) is 4.90 Å². The fraction of sp³-hybridized carbons (Fsp3) is 0.391. The van der Waals surface area contributed by atoms with E-state index in [0.29, 0.717) is 24.3 Å². The Bertz CT molecular complexity index is 1170. The fourth-order valence-electron chi connectivity index (χ4n) is 4.35. The number of halogens is 9. The second kappa shape index (κ2) is 9.45. The van der Waals surface area contributed by atoms with E-state index in [4.69, 9.17) is 0 Å². The van der Waals surface area contributed by atoms with Gasteiger partial charge < -0.3 is 10.0 Å². The molecule has 0 unspecified atom stereocenters. The first-order chi connectivity index (χ1) is 16.8. The molecule has 14 heteroatoms. The molecule has 1 heterocycles. The van der Waals surface area contributed by atoms with Crippen LogP contribution in [0.5, 0.6) is 0 Å². The second-order valence-electron chi connectivity index (χ2n) is 8.59. The lowest BCUT2D eigenvalue weighted by Gasteiger charge is -2.42. The number of fused-ring (bicyclic) bond motifs is 1. The van der Waals surface area contributed by atoms with Crippen molar-refractivity contribution < 1.29 is 54.2 Å². The first kappa shape index (κ1) is 28.1. The minimum absolute atomic E-state index is 0.0834. The first-order valence-corrected chi connectivity index (χ1v) is 10.6. The van der Waals surface area contributed by atoms with Crippen molar-refractivity contribution >= 4 is 17.7 Å². The molecule has 1 aliphatic heterocycles. The maximum atomic E-state index is 13.4. The van der Waals surface area contributed by atoms with Gasteiger partial charge in [0.25, 0.3) is 0 Å². The molecular formula is C23H19F9N2O3. The molecule has 0 aliphatic carbocycles. The van der Waals surface area contributed by atoms with Crippen LogP contribution in [0.1, 0.15) is 54.1 Å². The number of benzene rings is 2. The molecule has 202 valence electrons. The molecule has 2 aromatic carbocycles. The number of hydrogen-bond acceptors (Lipinski definition) is 2. The minimum atomic E-state index is -5.15. The van der Waals surface area contributed by atoms with E-state index in [1.165, 1.54) is 6.92 Å². The Kier molecular flexibility index (Phi) is 7.18. The maximum Gasteiger partial charge on any atom is 0.416 e. The van der Waals surface area contributed by atoms with E-state index in [9.17, 15) is 54.2 Å². The summed E-state index contributed by atoms with van der Waals surface area (Å²) in [5.41, 5.74) is -5.40. The summed E-state index contributed by atoms with van der Waals surface area (Å²) in [6.45, 7) is 1.56. The number of anilines is 1. The van der Waals surface area contributed by atoms with Crippen LogP contribution in [-0.4, -0.2) is 28.0 Å². The van der Waals surface area contributed by atoms with E-state index in [1.54, 1.807) is 0 Å². The van der Waals surface area contributed by atoms with Crippen molar-refractivity contribution in [1.29, 1.82) is 0 Å². The predicted octanol–water partition coefficient (Wildman–Crippen LogP) is 7.11. The molecule has 1 aliphatic rings. The van der Waals surface area contributed by atoms with Gasteiger partial charge in [0.05, 0.1) is 28.4 Å². The molecule has 1 N–H and O–H groups in total. The number of carbonyl (C=O) groups excluding carboxylic acids is 1. The molecule has 5 nitrogen and oxygen atoms in total. The van der Waals surface area contributed by atoms with Gasteiger partial charge in [-0.1, -0.05) is 0 Å². The van der Waals surface area contributed by atoms with Crippen molar-refractivity contribution in [1.82, 2.24) is 4.90 Å². The Morgan fingerprint density at radius 2 is 1.41 bits per heavy atom. The van der Waals surface area contributed by atoms with E-state index in [-0.39, 0.29) is 23.7 Å². The third-order valence-electron chi connectivity index (χ3n) is 5.97. The number of carbonyl (C=O) groups is 2. The highest BCUT2D eigenvalue weighted by Crippen LogP contribution is 2.44. The maximum absolute atomic E-state index is 13.4.